The molecule has 1 atom stereocenters. The van der Waals surface area contributed by atoms with Crippen molar-refractivity contribution in [1.29, 1.82) is 0 Å². The van der Waals surface area contributed by atoms with Crippen LogP contribution in [-0.2, 0) is 19.1 Å². The molecule has 0 bridgehead atoms. The van der Waals surface area contributed by atoms with Crippen molar-refractivity contribution in [2.75, 3.05) is 32.1 Å². The summed E-state index contributed by atoms with van der Waals surface area (Å²) in [4.78, 5) is 26.6. The van der Waals surface area contributed by atoms with E-state index in [0.717, 1.165) is 10.3 Å². The zero-order valence-corrected chi connectivity index (χ0v) is 15.0. The van der Waals surface area contributed by atoms with Crippen LogP contribution >= 0.6 is 11.8 Å². The normalized spacial score (nSPS) is 17.5. The number of hydrogen-bond acceptors (Lipinski definition) is 5. The molecule has 0 saturated carbocycles. The number of hydrogen-bond donors (Lipinski definition) is 0. The number of ether oxygens (including phenoxy) is 2. The molecule has 5 nitrogen and oxygen atoms in total. The highest BCUT2D eigenvalue weighted by molar-refractivity contribution is 8.00. The number of fused-ring (bicyclic) bond motifs is 1. The van der Waals surface area contributed by atoms with Gasteiger partial charge in [-0.2, -0.15) is 0 Å². The van der Waals surface area contributed by atoms with E-state index in [2.05, 4.69) is 6.07 Å². The Hall–Kier alpha value is -2.05. The van der Waals surface area contributed by atoms with Crippen LogP contribution in [0.1, 0.15) is 6.92 Å². The molecular weight excluding hydrogens is 338 g/mol. The van der Waals surface area contributed by atoms with Gasteiger partial charge in [-0.25, -0.2) is 0 Å². The van der Waals surface area contributed by atoms with Crippen molar-refractivity contribution in [2.45, 2.75) is 17.9 Å². The lowest BCUT2D eigenvalue weighted by atomic mass is 10.1. The number of amides is 1. The van der Waals surface area contributed by atoms with Gasteiger partial charge in [0.2, 0.25) is 0 Å². The Labute approximate surface area is 151 Å². The fourth-order valence-corrected chi connectivity index (χ4v) is 3.46. The highest BCUT2D eigenvalue weighted by Gasteiger charge is 2.22. The number of morpholine rings is 1. The van der Waals surface area contributed by atoms with E-state index in [9.17, 15) is 9.59 Å². The summed E-state index contributed by atoms with van der Waals surface area (Å²) in [6, 6.07) is 14.2. The van der Waals surface area contributed by atoms with Gasteiger partial charge < -0.3 is 14.4 Å². The maximum Gasteiger partial charge on any atom is 0.316 e. The molecule has 0 spiro atoms. The van der Waals surface area contributed by atoms with Gasteiger partial charge >= 0.3 is 5.97 Å². The van der Waals surface area contributed by atoms with E-state index < -0.39 is 0 Å². The predicted molar refractivity (Wildman–Crippen MR) is 97.6 cm³/mol. The molecular formula is C19H21NO4S. The van der Waals surface area contributed by atoms with Gasteiger partial charge in [-0.1, -0.05) is 30.3 Å². The molecule has 1 aliphatic heterocycles. The van der Waals surface area contributed by atoms with E-state index >= 15 is 0 Å². The summed E-state index contributed by atoms with van der Waals surface area (Å²) < 4.78 is 10.5. The minimum absolute atomic E-state index is 0.0249. The first-order valence-electron chi connectivity index (χ1n) is 8.28. The number of carbonyl (C=O) groups is 2. The van der Waals surface area contributed by atoms with Crippen LogP contribution in [0.3, 0.4) is 0 Å². The lowest BCUT2D eigenvalue weighted by molar-refractivity contribution is -0.153. The first kappa shape index (κ1) is 17.8. The van der Waals surface area contributed by atoms with E-state index in [1.165, 1.54) is 17.1 Å². The van der Waals surface area contributed by atoms with Crippen molar-refractivity contribution >= 4 is 34.4 Å². The molecule has 2 aromatic rings. The summed E-state index contributed by atoms with van der Waals surface area (Å²) in [6.07, 6.45) is 0.0249. The average Bonchev–Trinajstić information content (AvgIpc) is 2.64. The second-order valence-corrected chi connectivity index (χ2v) is 7.03. The third kappa shape index (κ3) is 4.96. The van der Waals surface area contributed by atoms with E-state index in [0.29, 0.717) is 19.7 Å². The van der Waals surface area contributed by atoms with E-state index in [-0.39, 0.29) is 30.3 Å². The summed E-state index contributed by atoms with van der Waals surface area (Å²) in [5, 5.41) is 2.30. The SMILES string of the molecule is CC1CN(C(=O)COC(=O)CSc2ccc3ccccc3c2)CCO1. The molecule has 1 aliphatic rings. The number of benzene rings is 2. The second-order valence-electron chi connectivity index (χ2n) is 5.98. The van der Waals surface area contributed by atoms with Crippen LogP contribution in [-0.4, -0.2) is 54.9 Å². The molecule has 1 saturated heterocycles. The monoisotopic (exact) mass is 359 g/mol. The Morgan fingerprint density at radius 2 is 2.04 bits per heavy atom. The van der Waals surface area contributed by atoms with Gasteiger partial charge in [-0.15, -0.1) is 11.8 Å². The first-order chi connectivity index (χ1) is 12.1. The van der Waals surface area contributed by atoms with Crippen molar-refractivity contribution in [2.24, 2.45) is 0 Å². The highest BCUT2D eigenvalue weighted by atomic mass is 32.2. The van der Waals surface area contributed by atoms with Crippen molar-refractivity contribution < 1.29 is 19.1 Å². The van der Waals surface area contributed by atoms with Gasteiger partial charge in [-0.3, -0.25) is 9.59 Å². The largest absolute Gasteiger partial charge is 0.455 e. The zero-order valence-electron chi connectivity index (χ0n) is 14.1. The highest BCUT2D eigenvalue weighted by Crippen LogP contribution is 2.23. The molecule has 1 heterocycles. The molecule has 1 fully saturated rings. The van der Waals surface area contributed by atoms with Crippen LogP contribution in [0.25, 0.3) is 10.8 Å². The molecule has 3 rings (SSSR count). The van der Waals surface area contributed by atoms with E-state index in [1.54, 1.807) is 4.90 Å². The summed E-state index contributed by atoms with van der Waals surface area (Å²) in [5.41, 5.74) is 0. The fourth-order valence-electron chi connectivity index (χ4n) is 2.72. The Balaban J connectivity index is 1.45. The van der Waals surface area contributed by atoms with Crippen molar-refractivity contribution in [3.05, 3.63) is 42.5 Å². The topological polar surface area (TPSA) is 55.8 Å². The predicted octanol–water partition coefficient (Wildman–Crippen LogP) is 2.72. The number of esters is 1. The minimum atomic E-state index is -0.382. The second kappa shape index (κ2) is 8.36. The van der Waals surface area contributed by atoms with Crippen molar-refractivity contribution in [1.82, 2.24) is 4.90 Å². The zero-order chi connectivity index (χ0) is 17.6. The summed E-state index contributed by atoms with van der Waals surface area (Å²) in [7, 11) is 0. The van der Waals surface area contributed by atoms with Crippen LogP contribution in [0.15, 0.2) is 47.4 Å². The smallest absolute Gasteiger partial charge is 0.316 e. The van der Waals surface area contributed by atoms with Crippen molar-refractivity contribution in [3.8, 4) is 0 Å². The van der Waals surface area contributed by atoms with Gasteiger partial charge in [0.25, 0.3) is 5.91 Å². The molecule has 0 N–H and O–H groups in total. The first-order valence-corrected chi connectivity index (χ1v) is 9.27. The van der Waals surface area contributed by atoms with E-state index in [4.69, 9.17) is 9.47 Å². The minimum Gasteiger partial charge on any atom is -0.455 e. The summed E-state index contributed by atoms with van der Waals surface area (Å²) in [6.45, 7) is 3.34. The maximum absolute atomic E-state index is 12.1. The lowest BCUT2D eigenvalue weighted by Gasteiger charge is -2.30. The van der Waals surface area contributed by atoms with Gasteiger partial charge in [0.15, 0.2) is 6.61 Å². The van der Waals surface area contributed by atoms with Gasteiger partial charge in [-0.05, 0) is 29.8 Å². The van der Waals surface area contributed by atoms with Gasteiger partial charge in [0, 0.05) is 18.0 Å². The molecule has 132 valence electrons. The fraction of sp³-hybridized carbons (Fsp3) is 0.368. The van der Waals surface area contributed by atoms with Crippen molar-refractivity contribution in [3.63, 3.8) is 0 Å². The summed E-state index contributed by atoms with van der Waals surface area (Å²) in [5.74, 6) is -0.363. The van der Waals surface area contributed by atoms with Crippen LogP contribution < -0.4 is 0 Å². The lowest BCUT2D eigenvalue weighted by Crippen LogP contribution is -2.46. The Morgan fingerprint density at radius 1 is 1.24 bits per heavy atom. The molecule has 0 aromatic heterocycles. The third-order valence-electron chi connectivity index (χ3n) is 4.03. The van der Waals surface area contributed by atoms with Crippen LogP contribution in [0.5, 0.6) is 0 Å². The molecule has 1 amide bonds. The number of carbonyl (C=O) groups excluding carboxylic acids is 2. The summed E-state index contributed by atoms with van der Waals surface area (Å²) >= 11 is 1.41. The molecule has 1 unspecified atom stereocenters. The Morgan fingerprint density at radius 3 is 2.84 bits per heavy atom. The molecule has 0 aliphatic carbocycles. The standard InChI is InChI=1S/C19H21NO4S/c1-14-11-20(8-9-23-14)18(21)12-24-19(22)13-25-17-7-6-15-4-2-3-5-16(15)10-17/h2-7,10,14H,8-9,11-13H2,1H3. The van der Waals surface area contributed by atoms with Gasteiger partial charge in [0.05, 0.1) is 18.5 Å². The molecule has 25 heavy (non-hydrogen) atoms. The number of thioether (sulfide) groups is 1. The molecule has 0 radical (unpaired) electrons. The number of rotatable bonds is 5. The maximum atomic E-state index is 12.1. The molecule has 6 heteroatoms. The van der Waals surface area contributed by atoms with Crippen LogP contribution in [0, 0.1) is 0 Å². The Kier molecular flexibility index (Phi) is 5.94. The van der Waals surface area contributed by atoms with E-state index in [1.807, 2.05) is 43.3 Å². The van der Waals surface area contributed by atoms with Crippen LogP contribution in [0.2, 0.25) is 0 Å². The Bertz CT molecular complexity index is 764. The van der Waals surface area contributed by atoms with Gasteiger partial charge in [0.1, 0.15) is 0 Å². The molecule has 2 aromatic carbocycles. The van der Waals surface area contributed by atoms with Crippen LogP contribution in [0.4, 0.5) is 0 Å². The average molecular weight is 359 g/mol. The quantitative estimate of drug-likeness (QED) is 0.607. The third-order valence-corrected chi connectivity index (χ3v) is 5.00. The number of nitrogens with zero attached hydrogens (tertiary/aromatic N) is 1.